The fourth-order valence-electron chi connectivity index (χ4n) is 2.91. The number of benzene rings is 1. The molecule has 0 amide bonds. The van der Waals surface area contributed by atoms with E-state index in [4.69, 9.17) is 14.6 Å². The Balaban J connectivity index is 2.14. The SMILES string of the molecule is CCOc1cc(OC)ccc1C1CCC(C(=O)O)CC1. The van der Waals surface area contributed by atoms with Crippen LogP contribution in [0.5, 0.6) is 11.5 Å². The Kier molecular flexibility index (Phi) is 4.88. The van der Waals surface area contributed by atoms with Crippen molar-refractivity contribution in [2.45, 2.75) is 38.5 Å². The molecule has 4 heteroatoms. The molecule has 0 spiro atoms. The van der Waals surface area contributed by atoms with Gasteiger partial charge in [0.1, 0.15) is 11.5 Å². The number of carboxylic acids is 1. The van der Waals surface area contributed by atoms with Crippen LogP contribution in [-0.2, 0) is 4.79 Å². The first-order valence-corrected chi connectivity index (χ1v) is 7.19. The molecule has 0 bridgehead atoms. The van der Waals surface area contributed by atoms with E-state index in [9.17, 15) is 4.79 Å². The van der Waals surface area contributed by atoms with Gasteiger partial charge in [0.15, 0.2) is 0 Å². The van der Waals surface area contributed by atoms with E-state index in [2.05, 4.69) is 6.07 Å². The van der Waals surface area contributed by atoms with E-state index in [1.54, 1.807) is 7.11 Å². The molecule has 0 aliphatic heterocycles. The number of carboxylic acid groups (broad SMARTS) is 1. The average molecular weight is 278 g/mol. The monoisotopic (exact) mass is 278 g/mol. The third-order valence-electron chi connectivity index (χ3n) is 4.04. The summed E-state index contributed by atoms with van der Waals surface area (Å²) in [5, 5.41) is 9.06. The van der Waals surface area contributed by atoms with E-state index in [1.165, 1.54) is 5.56 Å². The molecule has 1 fully saturated rings. The van der Waals surface area contributed by atoms with Gasteiger partial charge in [-0.05, 0) is 50.2 Å². The van der Waals surface area contributed by atoms with Crippen LogP contribution in [0, 0.1) is 5.92 Å². The van der Waals surface area contributed by atoms with Crippen LogP contribution in [0.4, 0.5) is 0 Å². The van der Waals surface area contributed by atoms with Crippen LogP contribution in [0.25, 0.3) is 0 Å². The molecule has 0 aromatic heterocycles. The zero-order valence-corrected chi connectivity index (χ0v) is 12.1. The average Bonchev–Trinajstić information content (AvgIpc) is 2.47. The Hall–Kier alpha value is -1.71. The quantitative estimate of drug-likeness (QED) is 0.896. The molecule has 20 heavy (non-hydrogen) atoms. The first kappa shape index (κ1) is 14.7. The van der Waals surface area contributed by atoms with Crippen molar-refractivity contribution >= 4 is 5.97 Å². The number of hydrogen-bond donors (Lipinski definition) is 1. The normalized spacial score (nSPS) is 22.3. The second-order valence-electron chi connectivity index (χ2n) is 5.22. The molecular weight excluding hydrogens is 256 g/mol. The van der Waals surface area contributed by atoms with Crippen molar-refractivity contribution in [3.8, 4) is 11.5 Å². The highest BCUT2D eigenvalue weighted by atomic mass is 16.5. The summed E-state index contributed by atoms with van der Waals surface area (Å²) in [4.78, 5) is 11.0. The Labute approximate surface area is 119 Å². The van der Waals surface area contributed by atoms with Crippen molar-refractivity contribution in [3.05, 3.63) is 23.8 Å². The molecule has 0 unspecified atom stereocenters. The van der Waals surface area contributed by atoms with E-state index in [1.807, 2.05) is 19.1 Å². The fraction of sp³-hybridized carbons (Fsp3) is 0.562. The van der Waals surface area contributed by atoms with Crippen LogP contribution in [-0.4, -0.2) is 24.8 Å². The Morgan fingerprint density at radius 1 is 1.30 bits per heavy atom. The van der Waals surface area contributed by atoms with Crippen molar-refractivity contribution in [3.63, 3.8) is 0 Å². The van der Waals surface area contributed by atoms with Gasteiger partial charge in [0.05, 0.1) is 19.6 Å². The van der Waals surface area contributed by atoms with Gasteiger partial charge in [-0.25, -0.2) is 0 Å². The van der Waals surface area contributed by atoms with Crippen LogP contribution in [0.1, 0.15) is 44.1 Å². The van der Waals surface area contributed by atoms with E-state index in [0.29, 0.717) is 12.5 Å². The zero-order valence-electron chi connectivity index (χ0n) is 12.1. The van der Waals surface area contributed by atoms with Crippen molar-refractivity contribution in [2.24, 2.45) is 5.92 Å². The van der Waals surface area contributed by atoms with Gasteiger partial charge in [0, 0.05) is 6.07 Å². The van der Waals surface area contributed by atoms with Crippen molar-refractivity contribution in [1.82, 2.24) is 0 Å². The molecule has 1 N–H and O–H groups in total. The molecule has 4 nitrogen and oxygen atoms in total. The highest BCUT2D eigenvalue weighted by Gasteiger charge is 2.28. The van der Waals surface area contributed by atoms with E-state index in [-0.39, 0.29) is 5.92 Å². The van der Waals surface area contributed by atoms with Gasteiger partial charge in [-0.3, -0.25) is 4.79 Å². The molecule has 1 aromatic rings. The van der Waals surface area contributed by atoms with Crippen molar-refractivity contribution in [2.75, 3.05) is 13.7 Å². The molecule has 110 valence electrons. The number of rotatable bonds is 5. The lowest BCUT2D eigenvalue weighted by Gasteiger charge is -2.27. The molecule has 2 rings (SSSR count). The lowest BCUT2D eigenvalue weighted by Crippen LogP contribution is -2.20. The Morgan fingerprint density at radius 3 is 2.55 bits per heavy atom. The highest BCUT2D eigenvalue weighted by Crippen LogP contribution is 2.40. The second-order valence-corrected chi connectivity index (χ2v) is 5.22. The minimum Gasteiger partial charge on any atom is -0.497 e. The minimum atomic E-state index is -0.664. The third kappa shape index (κ3) is 3.24. The van der Waals surface area contributed by atoms with Crippen molar-refractivity contribution in [1.29, 1.82) is 0 Å². The second kappa shape index (κ2) is 6.64. The van der Waals surface area contributed by atoms with Crippen LogP contribution in [0.15, 0.2) is 18.2 Å². The van der Waals surface area contributed by atoms with Crippen molar-refractivity contribution < 1.29 is 19.4 Å². The number of hydrogen-bond acceptors (Lipinski definition) is 3. The van der Waals surface area contributed by atoms with Crippen LogP contribution in [0.2, 0.25) is 0 Å². The third-order valence-corrected chi connectivity index (χ3v) is 4.04. The maximum atomic E-state index is 11.0. The summed E-state index contributed by atoms with van der Waals surface area (Å²) in [5.41, 5.74) is 1.18. The molecule has 1 saturated carbocycles. The molecule has 0 radical (unpaired) electrons. The van der Waals surface area contributed by atoms with Crippen LogP contribution >= 0.6 is 0 Å². The summed E-state index contributed by atoms with van der Waals surface area (Å²) in [6.45, 7) is 2.58. The van der Waals surface area contributed by atoms with E-state index in [0.717, 1.165) is 37.2 Å². The summed E-state index contributed by atoms with van der Waals surface area (Å²) < 4.78 is 10.9. The topological polar surface area (TPSA) is 55.8 Å². The van der Waals surface area contributed by atoms with Crippen LogP contribution in [0.3, 0.4) is 0 Å². The molecule has 1 aliphatic rings. The van der Waals surface area contributed by atoms with Gasteiger partial charge in [0.2, 0.25) is 0 Å². The van der Waals surface area contributed by atoms with E-state index >= 15 is 0 Å². The summed E-state index contributed by atoms with van der Waals surface area (Å²) in [6.07, 6.45) is 3.31. The van der Waals surface area contributed by atoms with Gasteiger partial charge in [0.25, 0.3) is 0 Å². The molecule has 1 aromatic carbocycles. The summed E-state index contributed by atoms with van der Waals surface area (Å²) >= 11 is 0. The summed E-state index contributed by atoms with van der Waals surface area (Å²) in [6, 6.07) is 5.92. The molecule has 1 aliphatic carbocycles. The largest absolute Gasteiger partial charge is 0.497 e. The predicted molar refractivity (Wildman–Crippen MR) is 76.5 cm³/mol. The summed E-state index contributed by atoms with van der Waals surface area (Å²) in [5.74, 6) is 1.20. The number of carbonyl (C=O) groups is 1. The van der Waals surface area contributed by atoms with Crippen LogP contribution < -0.4 is 9.47 Å². The lowest BCUT2D eigenvalue weighted by atomic mass is 9.78. The zero-order chi connectivity index (χ0) is 14.5. The lowest BCUT2D eigenvalue weighted by molar-refractivity contribution is -0.142. The van der Waals surface area contributed by atoms with Gasteiger partial charge >= 0.3 is 5.97 Å². The van der Waals surface area contributed by atoms with Gasteiger partial charge < -0.3 is 14.6 Å². The molecule has 0 heterocycles. The Bertz CT molecular complexity index is 462. The predicted octanol–water partition coefficient (Wildman–Crippen LogP) is 3.45. The number of methoxy groups -OCH3 is 1. The highest BCUT2D eigenvalue weighted by molar-refractivity contribution is 5.70. The molecule has 0 saturated heterocycles. The molecular formula is C16H22O4. The number of ether oxygens (including phenoxy) is 2. The minimum absolute atomic E-state index is 0.181. The first-order valence-electron chi connectivity index (χ1n) is 7.19. The fourth-order valence-corrected chi connectivity index (χ4v) is 2.91. The molecule has 0 atom stereocenters. The standard InChI is InChI=1S/C16H22O4/c1-3-20-15-10-13(19-2)8-9-14(15)11-4-6-12(7-5-11)16(17)18/h8-12H,3-7H2,1-2H3,(H,17,18). The van der Waals surface area contributed by atoms with E-state index < -0.39 is 5.97 Å². The van der Waals surface area contributed by atoms with Gasteiger partial charge in [-0.2, -0.15) is 0 Å². The maximum Gasteiger partial charge on any atom is 0.306 e. The maximum absolute atomic E-state index is 11.0. The number of aliphatic carboxylic acids is 1. The smallest absolute Gasteiger partial charge is 0.306 e. The first-order chi connectivity index (χ1) is 9.65. The van der Waals surface area contributed by atoms with Gasteiger partial charge in [-0.1, -0.05) is 6.07 Å². The summed E-state index contributed by atoms with van der Waals surface area (Å²) in [7, 11) is 1.64. The Morgan fingerprint density at radius 2 is 2.00 bits per heavy atom. The van der Waals surface area contributed by atoms with Gasteiger partial charge in [-0.15, -0.1) is 0 Å².